The van der Waals surface area contributed by atoms with Crippen molar-refractivity contribution in [3.63, 3.8) is 0 Å². The fourth-order valence-electron chi connectivity index (χ4n) is 4.30. The van der Waals surface area contributed by atoms with Crippen LogP contribution in [0.15, 0.2) is 54.7 Å². The maximum absolute atomic E-state index is 13.3. The molecule has 2 aliphatic rings. The molecule has 0 aromatic heterocycles. The molecule has 148 valence electrons. The van der Waals surface area contributed by atoms with Gasteiger partial charge in [0, 0.05) is 19.7 Å². The lowest BCUT2D eigenvalue weighted by atomic mass is 9.90. The number of aliphatic carboxylic acids is 1. The molecule has 2 aromatic rings. The Labute approximate surface area is 169 Å². The van der Waals surface area contributed by atoms with E-state index in [1.807, 2.05) is 42.5 Å². The van der Waals surface area contributed by atoms with Gasteiger partial charge in [0.05, 0.1) is 12.5 Å². The Balaban J connectivity index is 1.65. The second-order valence-electron chi connectivity index (χ2n) is 7.37. The fraction of sp³-hybridized carbons (Fsp3) is 0.261. The molecule has 2 aliphatic heterocycles. The summed E-state index contributed by atoms with van der Waals surface area (Å²) in [6.07, 6.45) is 4.20. The molecule has 2 unspecified atom stereocenters. The van der Waals surface area contributed by atoms with Crippen LogP contribution in [0.3, 0.4) is 0 Å². The average molecular weight is 390 g/mol. The highest BCUT2D eigenvalue weighted by Crippen LogP contribution is 2.36. The molecule has 6 nitrogen and oxygen atoms in total. The zero-order chi connectivity index (χ0) is 20.5. The summed E-state index contributed by atoms with van der Waals surface area (Å²) in [5, 5.41) is 9.84. The van der Waals surface area contributed by atoms with Crippen molar-refractivity contribution in [1.29, 1.82) is 0 Å². The summed E-state index contributed by atoms with van der Waals surface area (Å²) in [6.45, 7) is 1.81. The van der Waals surface area contributed by atoms with Crippen molar-refractivity contribution in [2.75, 3.05) is 6.54 Å². The zero-order valence-corrected chi connectivity index (χ0v) is 16.1. The summed E-state index contributed by atoms with van der Waals surface area (Å²) in [4.78, 5) is 40.4. The van der Waals surface area contributed by atoms with E-state index in [1.165, 1.54) is 11.8 Å². The molecule has 0 fully saturated rings. The van der Waals surface area contributed by atoms with Crippen molar-refractivity contribution in [1.82, 2.24) is 9.80 Å². The van der Waals surface area contributed by atoms with Gasteiger partial charge in [-0.2, -0.15) is 0 Å². The highest BCUT2D eigenvalue weighted by atomic mass is 16.4. The maximum Gasteiger partial charge on any atom is 0.331 e. The van der Waals surface area contributed by atoms with Crippen LogP contribution in [0.25, 0.3) is 6.08 Å². The fourth-order valence-corrected chi connectivity index (χ4v) is 4.30. The van der Waals surface area contributed by atoms with Gasteiger partial charge < -0.3 is 14.9 Å². The third kappa shape index (κ3) is 3.42. The van der Waals surface area contributed by atoms with Crippen LogP contribution in [0.5, 0.6) is 0 Å². The molecule has 2 amide bonds. The van der Waals surface area contributed by atoms with Gasteiger partial charge in [-0.15, -0.1) is 0 Å². The van der Waals surface area contributed by atoms with Crippen molar-refractivity contribution in [2.45, 2.75) is 31.8 Å². The number of benzene rings is 2. The molecule has 4 rings (SSSR count). The van der Waals surface area contributed by atoms with Gasteiger partial charge in [0.15, 0.2) is 6.04 Å². The molecule has 29 heavy (non-hydrogen) atoms. The molecule has 0 saturated heterocycles. The number of rotatable bonds is 3. The third-order valence-corrected chi connectivity index (χ3v) is 5.67. The van der Waals surface area contributed by atoms with Crippen molar-refractivity contribution >= 4 is 23.9 Å². The maximum atomic E-state index is 13.3. The third-order valence-electron chi connectivity index (χ3n) is 5.67. The van der Waals surface area contributed by atoms with E-state index in [4.69, 9.17) is 0 Å². The second kappa shape index (κ2) is 7.54. The lowest BCUT2D eigenvalue weighted by Crippen LogP contribution is -2.45. The molecule has 0 radical (unpaired) electrons. The first-order valence-corrected chi connectivity index (χ1v) is 9.63. The van der Waals surface area contributed by atoms with Crippen LogP contribution in [0.2, 0.25) is 0 Å². The van der Waals surface area contributed by atoms with Gasteiger partial charge in [-0.1, -0.05) is 48.5 Å². The van der Waals surface area contributed by atoms with Gasteiger partial charge in [-0.25, -0.2) is 4.79 Å². The van der Waals surface area contributed by atoms with E-state index in [9.17, 15) is 19.5 Å². The van der Waals surface area contributed by atoms with Crippen molar-refractivity contribution in [2.24, 2.45) is 0 Å². The Morgan fingerprint density at radius 3 is 2.45 bits per heavy atom. The van der Waals surface area contributed by atoms with Crippen LogP contribution in [-0.2, 0) is 20.8 Å². The molecule has 0 saturated carbocycles. The first-order valence-electron chi connectivity index (χ1n) is 9.63. The molecule has 1 N–H and O–H groups in total. The number of amides is 2. The van der Waals surface area contributed by atoms with E-state index in [2.05, 4.69) is 0 Å². The van der Waals surface area contributed by atoms with E-state index < -0.39 is 18.1 Å². The second-order valence-corrected chi connectivity index (χ2v) is 7.37. The number of nitrogens with zero attached hydrogens (tertiary/aromatic N) is 2. The van der Waals surface area contributed by atoms with Crippen molar-refractivity contribution in [3.05, 3.63) is 77.0 Å². The molecule has 2 aromatic carbocycles. The summed E-state index contributed by atoms with van der Waals surface area (Å²) < 4.78 is 0. The summed E-state index contributed by atoms with van der Waals surface area (Å²) in [5.41, 5.74) is 3.47. The Morgan fingerprint density at radius 1 is 1.03 bits per heavy atom. The first kappa shape index (κ1) is 18.9. The predicted octanol–water partition coefficient (Wildman–Crippen LogP) is 3.16. The van der Waals surface area contributed by atoms with Crippen molar-refractivity contribution in [3.8, 4) is 0 Å². The zero-order valence-electron chi connectivity index (χ0n) is 16.1. The quantitative estimate of drug-likeness (QED) is 0.873. The van der Waals surface area contributed by atoms with Gasteiger partial charge in [-0.3, -0.25) is 9.59 Å². The summed E-state index contributed by atoms with van der Waals surface area (Å²) in [5.74, 6) is -1.47. The van der Waals surface area contributed by atoms with E-state index in [0.717, 1.165) is 16.7 Å². The van der Waals surface area contributed by atoms with Gasteiger partial charge in [0.25, 0.3) is 0 Å². The molecule has 0 spiro atoms. The predicted molar refractivity (Wildman–Crippen MR) is 108 cm³/mol. The van der Waals surface area contributed by atoms with Crippen LogP contribution in [-0.4, -0.2) is 39.2 Å². The van der Waals surface area contributed by atoms with E-state index in [-0.39, 0.29) is 18.2 Å². The Bertz CT molecular complexity index is 1010. The van der Waals surface area contributed by atoms with Crippen LogP contribution < -0.4 is 0 Å². The Morgan fingerprint density at radius 2 is 1.72 bits per heavy atom. The van der Waals surface area contributed by atoms with E-state index in [1.54, 1.807) is 23.2 Å². The monoisotopic (exact) mass is 390 g/mol. The van der Waals surface area contributed by atoms with Crippen LogP contribution >= 0.6 is 0 Å². The molecule has 6 heteroatoms. The number of fused-ring (bicyclic) bond motifs is 2. The van der Waals surface area contributed by atoms with Gasteiger partial charge >= 0.3 is 5.97 Å². The molecule has 2 atom stereocenters. The van der Waals surface area contributed by atoms with Crippen molar-refractivity contribution < 1.29 is 19.5 Å². The number of carboxylic acid groups (broad SMARTS) is 1. The van der Waals surface area contributed by atoms with Gasteiger partial charge in [-0.05, 0) is 34.8 Å². The van der Waals surface area contributed by atoms with Crippen LogP contribution in [0.1, 0.15) is 47.7 Å². The highest BCUT2D eigenvalue weighted by Gasteiger charge is 2.38. The molecule has 0 bridgehead atoms. The minimum Gasteiger partial charge on any atom is -0.479 e. The lowest BCUT2D eigenvalue weighted by Gasteiger charge is -2.38. The largest absolute Gasteiger partial charge is 0.479 e. The standard InChI is InChI=1S/C23H22N2O4/c1-15(26)24-12-10-16-6-2-4-8-18(16)20(24)14-21(27)25-13-11-17-7-3-5-9-19(17)22(25)23(28)29/h2-10,12,20,22H,11,13-14H2,1H3,(H,28,29). The number of carbonyl (C=O) groups is 3. The van der Waals surface area contributed by atoms with E-state index in [0.29, 0.717) is 18.5 Å². The Hall–Kier alpha value is -3.41. The minimum absolute atomic E-state index is 0.0346. The van der Waals surface area contributed by atoms with Crippen LogP contribution in [0, 0.1) is 0 Å². The molecule has 2 heterocycles. The average Bonchev–Trinajstić information content (AvgIpc) is 2.72. The number of carboxylic acids is 1. The number of hydrogen-bond donors (Lipinski definition) is 1. The SMILES string of the molecule is CC(=O)N1C=Cc2ccccc2C1CC(=O)N1CCc2ccccc2C1C(=O)O. The summed E-state index contributed by atoms with van der Waals surface area (Å²) in [6, 6.07) is 13.5. The molecule has 0 aliphatic carbocycles. The van der Waals surface area contributed by atoms with Crippen LogP contribution in [0.4, 0.5) is 0 Å². The van der Waals surface area contributed by atoms with Gasteiger partial charge in [0.2, 0.25) is 11.8 Å². The first-order chi connectivity index (χ1) is 14.0. The smallest absolute Gasteiger partial charge is 0.331 e. The van der Waals surface area contributed by atoms with Gasteiger partial charge in [0.1, 0.15) is 0 Å². The minimum atomic E-state index is -1.04. The van der Waals surface area contributed by atoms with E-state index >= 15 is 0 Å². The summed E-state index contributed by atoms with van der Waals surface area (Å²) in [7, 11) is 0. The summed E-state index contributed by atoms with van der Waals surface area (Å²) >= 11 is 0. The number of carbonyl (C=O) groups excluding carboxylic acids is 2. The number of hydrogen-bond acceptors (Lipinski definition) is 3. The molecular formula is C23H22N2O4. The molecular weight excluding hydrogens is 368 g/mol. The Kier molecular flexibility index (Phi) is 4.92. The topological polar surface area (TPSA) is 77.9 Å². The normalized spacial score (nSPS) is 20.0. The lowest BCUT2D eigenvalue weighted by molar-refractivity contribution is -0.152. The highest BCUT2D eigenvalue weighted by molar-refractivity contribution is 5.87.